The van der Waals surface area contributed by atoms with Gasteiger partial charge in [0, 0.05) is 28.7 Å². The lowest BCUT2D eigenvalue weighted by Gasteiger charge is -2.36. The summed E-state index contributed by atoms with van der Waals surface area (Å²) in [6, 6.07) is 3.53. The van der Waals surface area contributed by atoms with Gasteiger partial charge in [0.25, 0.3) is 0 Å². The van der Waals surface area contributed by atoms with Crippen molar-refractivity contribution in [1.29, 1.82) is 0 Å². The zero-order valence-corrected chi connectivity index (χ0v) is 17.3. The molecule has 1 aliphatic rings. The number of imidazole rings is 1. The molecule has 150 valence electrons. The van der Waals surface area contributed by atoms with Crippen molar-refractivity contribution >= 4 is 35.2 Å². The number of esters is 1. The molecule has 3 rings (SSSR count). The molecule has 0 aliphatic carbocycles. The molecule has 1 aliphatic heterocycles. The van der Waals surface area contributed by atoms with Crippen molar-refractivity contribution in [3.05, 3.63) is 51.5 Å². The molecule has 2 amide bonds. The normalized spacial score (nSPS) is 17.2. The summed E-state index contributed by atoms with van der Waals surface area (Å²) >= 11 is 12.5. The molecule has 2 atom stereocenters. The van der Waals surface area contributed by atoms with Crippen molar-refractivity contribution in [2.75, 3.05) is 13.7 Å². The van der Waals surface area contributed by atoms with Gasteiger partial charge in [0.05, 0.1) is 19.1 Å². The minimum absolute atomic E-state index is 0.125. The van der Waals surface area contributed by atoms with E-state index in [0.717, 1.165) is 11.4 Å². The van der Waals surface area contributed by atoms with Gasteiger partial charge < -0.3 is 19.9 Å². The fourth-order valence-electron chi connectivity index (χ4n) is 3.37. The van der Waals surface area contributed by atoms with E-state index in [4.69, 9.17) is 27.9 Å². The highest BCUT2D eigenvalue weighted by molar-refractivity contribution is 6.35. The number of carbonyl (C=O) groups is 2. The minimum atomic E-state index is -0.751. The molecule has 0 saturated heterocycles. The van der Waals surface area contributed by atoms with Crippen LogP contribution < -0.4 is 5.32 Å². The van der Waals surface area contributed by atoms with Gasteiger partial charge in [0.2, 0.25) is 0 Å². The summed E-state index contributed by atoms with van der Waals surface area (Å²) in [6.07, 6.45) is 2.23. The van der Waals surface area contributed by atoms with Crippen LogP contribution in [0.3, 0.4) is 0 Å². The van der Waals surface area contributed by atoms with E-state index in [0.29, 0.717) is 28.6 Å². The number of H-pyrrole nitrogens is 1. The largest absolute Gasteiger partial charge is 0.467 e. The topological polar surface area (TPSA) is 87.3 Å². The van der Waals surface area contributed by atoms with Gasteiger partial charge in [-0.1, -0.05) is 43.1 Å². The molecule has 28 heavy (non-hydrogen) atoms. The second-order valence-corrected chi connectivity index (χ2v) is 7.82. The number of amides is 2. The highest BCUT2D eigenvalue weighted by atomic mass is 35.5. The first-order valence-electron chi connectivity index (χ1n) is 8.95. The van der Waals surface area contributed by atoms with Crippen molar-refractivity contribution in [1.82, 2.24) is 20.2 Å². The average molecular weight is 425 g/mol. The van der Waals surface area contributed by atoms with E-state index >= 15 is 0 Å². The SMILES string of the molecule is COC(=O)[C@@H](NC(=O)N1CCc2[nH]cnc2[C@@H]1c1ccc(Cl)cc1Cl)C(C)C. The Balaban J connectivity index is 1.96. The molecule has 2 aromatic rings. The lowest BCUT2D eigenvalue weighted by Crippen LogP contribution is -2.53. The molecule has 2 N–H and O–H groups in total. The van der Waals surface area contributed by atoms with Crippen LogP contribution >= 0.6 is 23.2 Å². The molecule has 0 bridgehead atoms. The van der Waals surface area contributed by atoms with Crippen molar-refractivity contribution in [2.24, 2.45) is 5.92 Å². The fourth-order valence-corrected chi connectivity index (χ4v) is 3.89. The number of methoxy groups -OCH3 is 1. The number of hydrogen-bond donors (Lipinski definition) is 2. The number of nitrogens with one attached hydrogen (secondary N) is 2. The predicted molar refractivity (Wildman–Crippen MR) is 106 cm³/mol. The summed E-state index contributed by atoms with van der Waals surface area (Å²) in [5, 5.41) is 3.75. The van der Waals surface area contributed by atoms with Gasteiger partial charge in [-0.15, -0.1) is 0 Å². The van der Waals surface area contributed by atoms with Gasteiger partial charge in [0.15, 0.2) is 0 Å². The third-order valence-corrected chi connectivity index (χ3v) is 5.41. The second kappa shape index (κ2) is 8.41. The maximum atomic E-state index is 13.1. The fraction of sp³-hybridized carbons (Fsp3) is 0.421. The number of carbonyl (C=O) groups excluding carboxylic acids is 2. The van der Waals surface area contributed by atoms with E-state index in [2.05, 4.69) is 15.3 Å². The molecule has 0 unspecified atom stereocenters. The zero-order chi connectivity index (χ0) is 20.4. The quantitative estimate of drug-likeness (QED) is 0.734. The van der Waals surface area contributed by atoms with Crippen LogP contribution in [0.15, 0.2) is 24.5 Å². The Labute approximate surface area is 173 Å². The molecule has 1 aromatic heterocycles. The summed E-state index contributed by atoms with van der Waals surface area (Å²) in [6.45, 7) is 4.13. The molecule has 2 heterocycles. The molecule has 0 fully saturated rings. The van der Waals surface area contributed by atoms with E-state index < -0.39 is 18.1 Å². The van der Waals surface area contributed by atoms with E-state index in [1.807, 2.05) is 13.8 Å². The number of benzene rings is 1. The highest BCUT2D eigenvalue weighted by Gasteiger charge is 2.37. The Hall–Kier alpha value is -2.25. The number of ether oxygens (including phenoxy) is 1. The van der Waals surface area contributed by atoms with Crippen molar-refractivity contribution in [3.8, 4) is 0 Å². The number of urea groups is 1. The number of hydrogen-bond acceptors (Lipinski definition) is 4. The van der Waals surface area contributed by atoms with Crippen LogP contribution in [-0.2, 0) is 16.0 Å². The molecular weight excluding hydrogens is 403 g/mol. The van der Waals surface area contributed by atoms with Crippen LogP contribution in [0, 0.1) is 5.92 Å². The number of nitrogens with zero attached hydrogens (tertiary/aromatic N) is 2. The Bertz CT molecular complexity index is 884. The summed E-state index contributed by atoms with van der Waals surface area (Å²) in [4.78, 5) is 34.4. The maximum Gasteiger partial charge on any atom is 0.328 e. The number of aromatic nitrogens is 2. The average Bonchev–Trinajstić information content (AvgIpc) is 3.13. The number of halogens is 2. The van der Waals surface area contributed by atoms with E-state index in [9.17, 15) is 9.59 Å². The van der Waals surface area contributed by atoms with Gasteiger partial charge in [-0.2, -0.15) is 0 Å². The Morgan fingerprint density at radius 2 is 2.11 bits per heavy atom. The molecule has 7 nitrogen and oxygen atoms in total. The lowest BCUT2D eigenvalue weighted by molar-refractivity contribution is -0.144. The summed E-state index contributed by atoms with van der Waals surface area (Å²) in [5.74, 6) is -0.610. The smallest absolute Gasteiger partial charge is 0.328 e. The Morgan fingerprint density at radius 3 is 2.75 bits per heavy atom. The summed E-state index contributed by atoms with van der Waals surface area (Å²) in [5.41, 5.74) is 2.40. The van der Waals surface area contributed by atoms with E-state index in [1.54, 1.807) is 29.4 Å². The Kier molecular flexibility index (Phi) is 6.15. The van der Waals surface area contributed by atoms with E-state index in [-0.39, 0.29) is 11.9 Å². The maximum absolute atomic E-state index is 13.1. The first-order valence-corrected chi connectivity index (χ1v) is 9.71. The molecular formula is C19H22Cl2N4O3. The van der Waals surface area contributed by atoms with Crippen molar-refractivity contribution in [2.45, 2.75) is 32.4 Å². The molecule has 0 radical (unpaired) electrons. The number of aromatic amines is 1. The van der Waals surface area contributed by atoms with Gasteiger partial charge in [0.1, 0.15) is 12.1 Å². The zero-order valence-electron chi connectivity index (χ0n) is 15.8. The minimum Gasteiger partial charge on any atom is -0.467 e. The van der Waals surface area contributed by atoms with Crippen molar-refractivity contribution < 1.29 is 14.3 Å². The van der Waals surface area contributed by atoms with Gasteiger partial charge in [-0.25, -0.2) is 14.6 Å². The monoisotopic (exact) mass is 424 g/mol. The summed E-state index contributed by atoms with van der Waals surface area (Å²) in [7, 11) is 1.30. The van der Waals surface area contributed by atoms with Gasteiger partial charge in [-0.3, -0.25) is 0 Å². The van der Waals surface area contributed by atoms with Crippen LogP contribution in [0.5, 0.6) is 0 Å². The van der Waals surface area contributed by atoms with Gasteiger partial charge >= 0.3 is 12.0 Å². The first-order chi connectivity index (χ1) is 13.3. The van der Waals surface area contributed by atoms with Crippen LogP contribution in [0.4, 0.5) is 4.79 Å². The molecule has 9 heteroatoms. The third-order valence-electron chi connectivity index (χ3n) is 4.84. The molecule has 1 aromatic carbocycles. The first kappa shape index (κ1) is 20.5. The standard InChI is InChI=1S/C19H22Cl2N4O3/c1-10(2)15(18(26)28-3)24-19(27)25-7-6-14-16(23-9-22-14)17(25)12-5-4-11(20)8-13(12)21/h4-5,8-10,15,17H,6-7H2,1-3H3,(H,22,23)(H,24,27)/t15-,17-/m0/s1. The summed E-state index contributed by atoms with van der Waals surface area (Å²) < 4.78 is 4.82. The predicted octanol–water partition coefficient (Wildman–Crippen LogP) is 3.57. The molecule has 0 spiro atoms. The third kappa shape index (κ3) is 3.95. The lowest BCUT2D eigenvalue weighted by atomic mass is 9.95. The van der Waals surface area contributed by atoms with Gasteiger partial charge in [-0.05, 0) is 23.6 Å². The second-order valence-electron chi connectivity index (χ2n) is 6.97. The Morgan fingerprint density at radius 1 is 1.36 bits per heavy atom. The van der Waals surface area contributed by atoms with Crippen LogP contribution in [0.2, 0.25) is 10.0 Å². The van der Waals surface area contributed by atoms with E-state index in [1.165, 1.54) is 7.11 Å². The van der Waals surface area contributed by atoms with Crippen LogP contribution in [0.1, 0.15) is 36.8 Å². The highest BCUT2D eigenvalue weighted by Crippen LogP contribution is 2.37. The van der Waals surface area contributed by atoms with Crippen LogP contribution in [0.25, 0.3) is 0 Å². The van der Waals surface area contributed by atoms with Crippen molar-refractivity contribution in [3.63, 3.8) is 0 Å². The number of fused-ring (bicyclic) bond motifs is 1. The van der Waals surface area contributed by atoms with Crippen LogP contribution in [-0.4, -0.2) is 46.6 Å². The number of rotatable bonds is 4. The molecule has 0 saturated carbocycles.